The minimum absolute atomic E-state index is 0.261. The average molecular weight is 283 g/mol. The fourth-order valence-electron chi connectivity index (χ4n) is 2.38. The van der Waals surface area contributed by atoms with Crippen molar-refractivity contribution in [3.8, 4) is 5.88 Å². The summed E-state index contributed by atoms with van der Waals surface area (Å²) in [5.41, 5.74) is 1.42. The van der Waals surface area contributed by atoms with Gasteiger partial charge in [-0.3, -0.25) is 0 Å². The summed E-state index contributed by atoms with van der Waals surface area (Å²) < 4.78 is 7.17. The van der Waals surface area contributed by atoms with E-state index in [0.717, 1.165) is 30.0 Å². The lowest BCUT2D eigenvalue weighted by molar-refractivity contribution is 0.00529. The third-order valence-electron chi connectivity index (χ3n) is 4.16. The number of aromatic nitrogens is 2. The highest BCUT2D eigenvalue weighted by atomic mass is 16.5. The Labute approximate surface area is 122 Å². The molecule has 1 aromatic heterocycles. The topological polar surface area (TPSA) is 59.3 Å². The van der Waals surface area contributed by atoms with Crippen molar-refractivity contribution >= 4 is 0 Å². The number of hydrogen-bond acceptors (Lipinski definition) is 4. The zero-order valence-corrected chi connectivity index (χ0v) is 13.7. The van der Waals surface area contributed by atoms with E-state index in [1.807, 2.05) is 14.0 Å². The smallest absolute Gasteiger partial charge is 0.216 e. The summed E-state index contributed by atoms with van der Waals surface area (Å²) in [7, 11) is 3.55. The molecule has 0 fully saturated rings. The first-order chi connectivity index (χ1) is 9.37. The van der Waals surface area contributed by atoms with Crippen LogP contribution < -0.4 is 10.1 Å². The van der Waals surface area contributed by atoms with Gasteiger partial charge in [0.25, 0.3) is 0 Å². The van der Waals surface area contributed by atoms with E-state index in [4.69, 9.17) is 4.74 Å². The molecule has 0 radical (unpaired) electrons. The van der Waals surface area contributed by atoms with Gasteiger partial charge in [-0.2, -0.15) is 5.10 Å². The number of nitrogens with one attached hydrogen (secondary N) is 1. The molecule has 5 nitrogen and oxygen atoms in total. The molecule has 0 saturated heterocycles. The number of aryl methyl sites for hydroxylation is 2. The first-order valence-electron chi connectivity index (χ1n) is 7.39. The standard InChI is InChI=1S/C15H29N3O2/c1-7-11(3)15(4,19)10-16-9-12-13(8-2)17-18(5)14(12)20-6/h11,16,19H,7-10H2,1-6H3. The van der Waals surface area contributed by atoms with Crippen LogP contribution in [-0.4, -0.2) is 34.1 Å². The van der Waals surface area contributed by atoms with E-state index in [1.165, 1.54) is 0 Å². The van der Waals surface area contributed by atoms with E-state index in [2.05, 4.69) is 31.2 Å². The van der Waals surface area contributed by atoms with Crippen LogP contribution in [0.15, 0.2) is 0 Å². The van der Waals surface area contributed by atoms with E-state index in [1.54, 1.807) is 11.8 Å². The van der Waals surface area contributed by atoms with Gasteiger partial charge in [-0.1, -0.05) is 27.2 Å². The highest BCUT2D eigenvalue weighted by molar-refractivity contribution is 5.31. The van der Waals surface area contributed by atoms with E-state index in [9.17, 15) is 5.11 Å². The largest absolute Gasteiger partial charge is 0.481 e. The molecule has 1 aromatic rings. The van der Waals surface area contributed by atoms with Crippen molar-refractivity contribution in [1.29, 1.82) is 0 Å². The number of ether oxygens (including phenoxy) is 1. The van der Waals surface area contributed by atoms with Gasteiger partial charge in [-0.05, 0) is 19.3 Å². The Morgan fingerprint density at radius 1 is 1.45 bits per heavy atom. The van der Waals surface area contributed by atoms with E-state index >= 15 is 0 Å². The average Bonchev–Trinajstić information content (AvgIpc) is 2.73. The van der Waals surface area contributed by atoms with Crippen molar-refractivity contribution in [1.82, 2.24) is 15.1 Å². The van der Waals surface area contributed by atoms with Crippen molar-refractivity contribution < 1.29 is 9.84 Å². The molecule has 0 aromatic carbocycles. The molecule has 0 aliphatic heterocycles. The molecule has 0 aliphatic carbocycles. The summed E-state index contributed by atoms with van der Waals surface area (Å²) in [5, 5.41) is 18.2. The zero-order valence-electron chi connectivity index (χ0n) is 13.7. The number of hydrogen-bond donors (Lipinski definition) is 2. The fourth-order valence-corrected chi connectivity index (χ4v) is 2.38. The van der Waals surface area contributed by atoms with Crippen LogP contribution in [0.4, 0.5) is 0 Å². The predicted molar refractivity (Wildman–Crippen MR) is 80.9 cm³/mol. The third kappa shape index (κ3) is 3.73. The lowest BCUT2D eigenvalue weighted by Gasteiger charge is -2.30. The molecule has 1 rings (SSSR count). The molecular weight excluding hydrogens is 254 g/mol. The van der Waals surface area contributed by atoms with Gasteiger partial charge in [-0.15, -0.1) is 0 Å². The van der Waals surface area contributed by atoms with Gasteiger partial charge < -0.3 is 15.2 Å². The van der Waals surface area contributed by atoms with Crippen LogP contribution in [0.2, 0.25) is 0 Å². The second-order valence-electron chi connectivity index (χ2n) is 5.68. The summed E-state index contributed by atoms with van der Waals surface area (Å²) in [4.78, 5) is 0. The maximum absolute atomic E-state index is 10.4. The molecule has 2 N–H and O–H groups in total. The monoisotopic (exact) mass is 283 g/mol. The summed E-state index contributed by atoms with van der Waals surface area (Å²) in [5.74, 6) is 1.05. The second kappa shape index (κ2) is 7.09. The van der Waals surface area contributed by atoms with Gasteiger partial charge >= 0.3 is 0 Å². The molecule has 0 aliphatic rings. The molecule has 2 atom stereocenters. The minimum Gasteiger partial charge on any atom is -0.481 e. The fraction of sp³-hybridized carbons (Fsp3) is 0.800. The molecule has 0 amide bonds. The molecule has 1 heterocycles. The number of nitrogens with zero attached hydrogens (tertiary/aromatic N) is 2. The molecule has 116 valence electrons. The van der Waals surface area contributed by atoms with E-state index < -0.39 is 5.60 Å². The summed E-state index contributed by atoms with van der Waals surface area (Å²) >= 11 is 0. The van der Waals surface area contributed by atoms with Crippen molar-refractivity contribution in [2.45, 2.75) is 52.7 Å². The Balaban J connectivity index is 2.71. The molecule has 5 heteroatoms. The zero-order chi connectivity index (χ0) is 15.3. The van der Waals surface area contributed by atoms with Crippen LogP contribution >= 0.6 is 0 Å². The quantitative estimate of drug-likeness (QED) is 0.765. The summed E-state index contributed by atoms with van der Waals surface area (Å²) in [6, 6.07) is 0. The maximum Gasteiger partial charge on any atom is 0.216 e. The normalized spacial score (nSPS) is 15.9. The van der Waals surface area contributed by atoms with Crippen molar-refractivity contribution in [3.63, 3.8) is 0 Å². The van der Waals surface area contributed by atoms with Crippen LogP contribution in [0.5, 0.6) is 5.88 Å². The van der Waals surface area contributed by atoms with Crippen LogP contribution in [0.25, 0.3) is 0 Å². The minimum atomic E-state index is -0.698. The van der Waals surface area contributed by atoms with Crippen LogP contribution in [0.1, 0.15) is 45.4 Å². The number of rotatable bonds is 8. The Morgan fingerprint density at radius 3 is 2.60 bits per heavy atom. The SMILES string of the molecule is CCc1nn(C)c(OC)c1CNCC(C)(O)C(C)CC. The summed E-state index contributed by atoms with van der Waals surface area (Å²) in [6.07, 6.45) is 1.83. The van der Waals surface area contributed by atoms with E-state index in [-0.39, 0.29) is 5.92 Å². The van der Waals surface area contributed by atoms with Gasteiger partial charge in [0.1, 0.15) is 0 Å². The number of methoxy groups -OCH3 is 1. The van der Waals surface area contributed by atoms with Crippen molar-refractivity contribution in [3.05, 3.63) is 11.3 Å². The third-order valence-corrected chi connectivity index (χ3v) is 4.16. The predicted octanol–water partition coefficient (Wildman–Crippen LogP) is 1.88. The van der Waals surface area contributed by atoms with E-state index in [0.29, 0.717) is 13.1 Å². The van der Waals surface area contributed by atoms with Crippen molar-refractivity contribution in [2.75, 3.05) is 13.7 Å². The highest BCUT2D eigenvalue weighted by Gasteiger charge is 2.26. The van der Waals surface area contributed by atoms with Crippen LogP contribution in [0, 0.1) is 5.92 Å². The molecular formula is C15H29N3O2. The number of aliphatic hydroxyl groups is 1. The second-order valence-corrected chi connectivity index (χ2v) is 5.68. The van der Waals surface area contributed by atoms with Gasteiger partial charge in [0.2, 0.25) is 5.88 Å². The van der Waals surface area contributed by atoms with Crippen LogP contribution in [-0.2, 0) is 20.0 Å². The summed E-state index contributed by atoms with van der Waals surface area (Å²) in [6.45, 7) is 9.36. The highest BCUT2D eigenvalue weighted by Crippen LogP contribution is 2.23. The molecule has 0 saturated carbocycles. The van der Waals surface area contributed by atoms with Gasteiger partial charge in [0, 0.05) is 20.1 Å². The van der Waals surface area contributed by atoms with Gasteiger partial charge in [-0.25, -0.2) is 4.68 Å². The van der Waals surface area contributed by atoms with Crippen LogP contribution in [0.3, 0.4) is 0 Å². The first-order valence-corrected chi connectivity index (χ1v) is 7.39. The molecule has 20 heavy (non-hydrogen) atoms. The molecule has 2 unspecified atom stereocenters. The Hall–Kier alpha value is -1.07. The molecule has 0 spiro atoms. The Morgan fingerprint density at radius 2 is 2.10 bits per heavy atom. The lowest BCUT2D eigenvalue weighted by Crippen LogP contribution is -2.42. The Kier molecular flexibility index (Phi) is 6.02. The maximum atomic E-state index is 10.4. The van der Waals surface area contributed by atoms with Crippen molar-refractivity contribution in [2.24, 2.45) is 13.0 Å². The first kappa shape index (κ1) is 17.0. The molecule has 0 bridgehead atoms. The lowest BCUT2D eigenvalue weighted by atomic mass is 9.88. The van der Waals surface area contributed by atoms with Gasteiger partial charge in [0.15, 0.2) is 0 Å². The van der Waals surface area contributed by atoms with Gasteiger partial charge in [0.05, 0.1) is 24.0 Å². The Bertz CT molecular complexity index is 427.